The Morgan fingerprint density at radius 2 is 0.880 bits per heavy atom. The second-order valence-corrected chi connectivity index (χ2v) is 5.95. The van der Waals surface area contributed by atoms with E-state index in [1.807, 2.05) is 36.4 Å². The van der Waals surface area contributed by atoms with Gasteiger partial charge in [-0.25, -0.2) is 0 Å². The Morgan fingerprint density at radius 3 is 1.16 bits per heavy atom. The predicted molar refractivity (Wildman–Crippen MR) is 109 cm³/mol. The van der Waals surface area contributed by atoms with Crippen molar-refractivity contribution in [3.8, 4) is 0 Å². The Balaban J connectivity index is 2.54. The highest BCUT2D eigenvalue weighted by molar-refractivity contribution is 5.76. The van der Waals surface area contributed by atoms with Gasteiger partial charge in [0.15, 0.2) is 0 Å². The maximum Gasteiger partial charge on any atom is 0.0713 e. The van der Waals surface area contributed by atoms with Crippen molar-refractivity contribution in [2.24, 2.45) is 0 Å². The Hall–Kier alpha value is -3.12. The summed E-state index contributed by atoms with van der Waals surface area (Å²) < 4.78 is 0. The third-order valence-corrected chi connectivity index (χ3v) is 4.91. The smallest absolute Gasteiger partial charge is 0.0713 e. The molecule has 0 unspecified atom stereocenters. The second kappa shape index (κ2) is 6.78. The van der Waals surface area contributed by atoms with E-state index in [0.717, 1.165) is 22.3 Å². The van der Waals surface area contributed by atoms with Gasteiger partial charge < -0.3 is 0 Å². The fourth-order valence-electron chi connectivity index (χ4n) is 3.97. The molecule has 0 aliphatic heterocycles. The average Bonchev–Trinajstić information content (AvgIpc) is 2.98. The van der Waals surface area contributed by atoms with Crippen molar-refractivity contribution in [3.63, 3.8) is 0 Å². The molecular weight excluding hydrogens is 300 g/mol. The minimum absolute atomic E-state index is 0.459. The van der Waals surface area contributed by atoms with E-state index >= 15 is 0 Å². The largest absolute Gasteiger partial charge is 0.0987 e. The van der Waals surface area contributed by atoms with E-state index in [2.05, 4.69) is 74.8 Å². The van der Waals surface area contributed by atoms with Crippen LogP contribution in [0.15, 0.2) is 134 Å². The summed E-state index contributed by atoms with van der Waals surface area (Å²) in [7, 11) is 0. The summed E-state index contributed by atoms with van der Waals surface area (Å²) in [5.74, 6) is 0. The first-order valence-electron chi connectivity index (χ1n) is 8.36. The predicted octanol–water partition coefficient (Wildman–Crippen LogP) is 6.32. The van der Waals surface area contributed by atoms with Crippen molar-refractivity contribution >= 4 is 0 Å². The van der Waals surface area contributed by atoms with Gasteiger partial charge in [0.2, 0.25) is 0 Å². The quantitative estimate of drug-likeness (QED) is 0.583. The van der Waals surface area contributed by atoms with Crippen LogP contribution in [-0.2, 0) is 5.41 Å². The van der Waals surface area contributed by atoms with Gasteiger partial charge >= 0.3 is 0 Å². The van der Waals surface area contributed by atoms with Gasteiger partial charge in [0.25, 0.3) is 0 Å². The normalized spacial score (nSPS) is 15.8. The van der Waals surface area contributed by atoms with Crippen molar-refractivity contribution in [1.82, 2.24) is 0 Å². The monoisotopic (exact) mass is 322 g/mol. The topological polar surface area (TPSA) is 0 Å². The molecule has 0 heteroatoms. The summed E-state index contributed by atoms with van der Waals surface area (Å²) in [6.45, 7) is 16.3. The van der Waals surface area contributed by atoms with E-state index in [-0.39, 0.29) is 0 Å². The molecule has 0 nitrogen and oxygen atoms in total. The van der Waals surface area contributed by atoms with E-state index in [1.54, 1.807) is 0 Å². The van der Waals surface area contributed by atoms with Crippen molar-refractivity contribution < 1.29 is 0 Å². The minimum atomic E-state index is -0.459. The molecule has 0 bridgehead atoms. The van der Waals surface area contributed by atoms with E-state index in [1.165, 1.54) is 11.1 Å². The summed E-state index contributed by atoms with van der Waals surface area (Å²) >= 11 is 0. The molecule has 1 aliphatic rings. The molecule has 1 aliphatic carbocycles. The van der Waals surface area contributed by atoms with Crippen molar-refractivity contribution in [2.45, 2.75) is 5.41 Å². The number of benzene rings is 2. The molecule has 25 heavy (non-hydrogen) atoms. The lowest BCUT2D eigenvalue weighted by Gasteiger charge is -2.35. The Bertz CT molecular complexity index is 812. The fourth-order valence-corrected chi connectivity index (χ4v) is 3.97. The summed E-state index contributed by atoms with van der Waals surface area (Å²) in [5, 5.41) is 0. The Morgan fingerprint density at radius 1 is 0.520 bits per heavy atom. The highest BCUT2D eigenvalue weighted by Crippen LogP contribution is 2.54. The van der Waals surface area contributed by atoms with Gasteiger partial charge in [-0.3, -0.25) is 0 Å². The summed E-state index contributed by atoms with van der Waals surface area (Å²) in [4.78, 5) is 0. The third-order valence-electron chi connectivity index (χ3n) is 4.91. The first kappa shape index (κ1) is 16.7. The van der Waals surface area contributed by atoms with Gasteiger partial charge in [0.1, 0.15) is 0 Å². The maximum atomic E-state index is 4.12. The summed E-state index contributed by atoms with van der Waals surface area (Å²) in [6, 6.07) is 21.0. The second-order valence-electron chi connectivity index (χ2n) is 5.95. The number of hydrogen-bond acceptors (Lipinski definition) is 0. The SMILES string of the molecule is C=CC1=C(C=C)C(c2ccccc2)(c2ccccc2)C(C=C)=C1C=C. The van der Waals surface area contributed by atoms with Crippen molar-refractivity contribution in [2.75, 3.05) is 0 Å². The van der Waals surface area contributed by atoms with Crippen LogP contribution in [0.1, 0.15) is 11.1 Å². The molecule has 122 valence electrons. The van der Waals surface area contributed by atoms with Crippen LogP contribution in [0.2, 0.25) is 0 Å². The molecular formula is C25H22. The molecule has 0 radical (unpaired) electrons. The minimum Gasteiger partial charge on any atom is -0.0987 e. The highest BCUT2D eigenvalue weighted by Gasteiger charge is 2.45. The van der Waals surface area contributed by atoms with Crippen molar-refractivity contribution in [1.29, 1.82) is 0 Å². The van der Waals surface area contributed by atoms with Crippen LogP contribution in [0, 0.1) is 0 Å². The zero-order valence-electron chi connectivity index (χ0n) is 14.4. The highest BCUT2D eigenvalue weighted by atomic mass is 14.5. The third kappa shape index (κ3) is 2.30. The molecule has 0 saturated carbocycles. The lowest BCUT2D eigenvalue weighted by atomic mass is 9.66. The molecule has 0 atom stereocenters. The fraction of sp³-hybridized carbons (Fsp3) is 0.0400. The number of hydrogen-bond donors (Lipinski definition) is 0. The van der Waals surface area contributed by atoms with E-state index in [4.69, 9.17) is 0 Å². The van der Waals surface area contributed by atoms with Crippen LogP contribution < -0.4 is 0 Å². The Kier molecular flexibility index (Phi) is 4.54. The van der Waals surface area contributed by atoms with Gasteiger partial charge in [-0.15, -0.1) is 0 Å². The van der Waals surface area contributed by atoms with Crippen molar-refractivity contribution in [3.05, 3.63) is 145 Å². The standard InChI is InChI=1S/C25H22/c1-5-21-22(6-2)24(8-4)25(23(21)7-3,19-15-11-9-12-16-19)20-17-13-10-14-18-20/h5-18H,1-4H2. The van der Waals surface area contributed by atoms with Gasteiger partial charge in [-0.1, -0.05) is 111 Å². The number of rotatable bonds is 6. The Labute approximate surface area is 150 Å². The van der Waals surface area contributed by atoms with Crippen LogP contribution in [0.4, 0.5) is 0 Å². The first-order chi connectivity index (χ1) is 12.2. The van der Waals surface area contributed by atoms with E-state index in [0.29, 0.717) is 0 Å². The van der Waals surface area contributed by atoms with Gasteiger partial charge in [-0.05, 0) is 33.4 Å². The molecule has 0 aromatic heterocycles. The zero-order chi connectivity index (χ0) is 17.9. The van der Waals surface area contributed by atoms with Crippen LogP contribution in [0.25, 0.3) is 0 Å². The lowest BCUT2D eigenvalue weighted by Crippen LogP contribution is -2.29. The molecule has 2 aromatic rings. The molecule has 0 N–H and O–H groups in total. The van der Waals surface area contributed by atoms with E-state index < -0.39 is 5.41 Å². The van der Waals surface area contributed by atoms with Gasteiger partial charge in [0.05, 0.1) is 5.41 Å². The molecule has 0 heterocycles. The molecule has 2 aromatic carbocycles. The average molecular weight is 322 g/mol. The number of allylic oxidation sites excluding steroid dienone is 8. The molecule has 3 rings (SSSR count). The lowest BCUT2D eigenvalue weighted by molar-refractivity contribution is 0.755. The van der Waals surface area contributed by atoms with Crippen LogP contribution in [0.3, 0.4) is 0 Å². The molecule has 0 saturated heterocycles. The summed E-state index contributed by atoms with van der Waals surface area (Å²) in [5.41, 5.74) is 6.26. The molecule has 0 fully saturated rings. The summed E-state index contributed by atoms with van der Waals surface area (Å²) in [6.07, 6.45) is 7.67. The first-order valence-corrected chi connectivity index (χ1v) is 8.36. The van der Waals surface area contributed by atoms with Crippen LogP contribution in [0.5, 0.6) is 0 Å². The zero-order valence-corrected chi connectivity index (χ0v) is 14.4. The van der Waals surface area contributed by atoms with Crippen LogP contribution in [-0.4, -0.2) is 0 Å². The van der Waals surface area contributed by atoms with Crippen LogP contribution >= 0.6 is 0 Å². The molecule has 0 spiro atoms. The van der Waals surface area contributed by atoms with E-state index in [9.17, 15) is 0 Å². The maximum absolute atomic E-state index is 4.12. The van der Waals surface area contributed by atoms with Gasteiger partial charge in [0, 0.05) is 0 Å². The molecule has 0 amide bonds. The van der Waals surface area contributed by atoms with Gasteiger partial charge in [-0.2, -0.15) is 0 Å².